The van der Waals surface area contributed by atoms with E-state index in [1.165, 1.54) is 37.7 Å². The number of fused-ring (bicyclic) bond motifs is 1. The first-order valence-electron chi connectivity index (χ1n) is 9.74. The summed E-state index contributed by atoms with van der Waals surface area (Å²) in [7, 11) is 0. The first-order chi connectivity index (χ1) is 13.1. The Bertz CT molecular complexity index is 834. The molecule has 4 rings (SSSR count). The molecule has 0 saturated heterocycles. The first-order valence-corrected chi connectivity index (χ1v) is 9.74. The van der Waals surface area contributed by atoms with Crippen LogP contribution in [-0.2, 0) is 14.3 Å². The Balaban J connectivity index is 1.43. The van der Waals surface area contributed by atoms with Gasteiger partial charge in [-0.15, -0.1) is 0 Å². The highest BCUT2D eigenvalue weighted by atomic mass is 16.7. The zero-order chi connectivity index (χ0) is 18.8. The van der Waals surface area contributed by atoms with Crippen LogP contribution in [0.3, 0.4) is 0 Å². The van der Waals surface area contributed by atoms with E-state index in [9.17, 15) is 9.59 Å². The van der Waals surface area contributed by atoms with Gasteiger partial charge in [0.1, 0.15) is 0 Å². The fourth-order valence-electron chi connectivity index (χ4n) is 4.04. The molecule has 2 unspecified atom stereocenters. The Morgan fingerprint density at radius 2 is 1.74 bits per heavy atom. The van der Waals surface area contributed by atoms with Crippen molar-refractivity contribution in [1.29, 1.82) is 0 Å². The molecule has 0 amide bonds. The van der Waals surface area contributed by atoms with Crippen molar-refractivity contribution < 1.29 is 19.1 Å². The van der Waals surface area contributed by atoms with Crippen LogP contribution in [-0.4, -0.2) is 11.9 Å². The summed E-state index contributed by atoms with van der Waals surface area (Å²) >= 11 is 0. The third-order valence-corrected chi connectivity index (χ3v) is 5.74. The molecule has 0 radical (unpaired) electrons. The molecular weight excluding hydrogens is 340 g/mol. The molecule has 140 valence electrons. The van der Waals surface area contributed by atoms with Crippen LogP contribution >= 0.6 is 0 Å². The Labute approximate surface area is 159 Å². The quantitative estimate of drug-likeness (QED) is 0.695. The van der Waals surface area contributed by atoms with Crippen molar-refractivity contribution in [3.8, 4) is 0 Å². The number of ether oxygens (including phenoxy) is 2. The summed E-state index contributed by atoms with van der Waals surface area (Å²) in [5, 5.41) is 0. The summed E-state index contributed by atoms with van der Waals surface area (Å²) < 4.78 is 10.7. The van der Waals surface area contributed by atoms with E-state index in [0.29, 0.717) is 17.0 Å². The normalized spacial score (nSPS) is 20.6. The highest BCUT2D eigenvalue weighted by Gasteiger charge is 2.34. The van der Waals surface area contributed by atoms with Gasteiger partial charge in [0, 0.05) is 5.56 Å². The summed E-state index contributed by atoms with van der Waals surface area (Å²) in [4.78, 5) is 24.5. The van der Waals surface area contributed by atoms with Crippen molar-refractivity contribution in [2.24, 2.45) is 0 Å². The second kappa shape index (κ2) is 7.55. The maximum atomic E-state index is 12.6. The molecule has 4 heteroatoms. The smallest absolute Gasteiger partial charge is 0.342 e. The Morgan fingerprint density at radius 1 is 1.04 bits per heavy atom. The van der Waals surface area contributed by atoms with Crippen LogP contribution in [0, 0.1) is 0 Å². The fourth-order valence-corrected chi connectivity index (χ4v) is 4.04. The summed E-state index contributed by atoms with van der Waals surface area (Å²) in [6, 6.07) is 15.3. The van der Waals surface area contributed by atoms with Crippen LogP contribution in [0.25, 0.3) is 0 Å². The molecule has 1 aliphatic carbocycles. The van der Waals surface area contributed by atoms with E-state index in [1.54, 1.807) is 24.3 Å². The molecule has 1 aliphatic heterocycles. The van der Waals surface area contributed by atoms with Crippen LogP contribution in [0.5, 0.6) is 0 Å². The van der Waals surface area contributed by atoms with Crippen molar-refractivity contribution in [2.45, 2.75) is 57.2 Å². The Morgan fingerprint density at radius 3 is 2.48 bits per heavy atom. The van der Waals surface area contributed by atoms with Gasteiger partial charge >= 0.3 is 11.9 Å². The molecule has 2 aliphatic rings. The van der Waals surface area contributed by atoms with Gasteiger partial charge in [-0.1, -0.05) is 61.7 Å². The molecule has 0 bridgehead atoms. The lowest BCUT2D eigenvalue weighted by molar-refractivity contribution is -0.169. The zero-order valence-corrected chi connectivity index (χ0v) is 15.5. The van der Waals surface area contributed by atoms with E-state index in [2.05, 4.69) is 12.1 Å². The van der Waals surface area contributed by atoms with Crippen LogP contribution in [0.1, 0.15) is 84.2 Å². The van der Waals surface area contributed by atoms with Crippen molar-refractivity contribution in [3.63, 3.8) is 0 Å². The summed E-state index contributed by atoms with van der Waals surface area (Å²) in [5.41, 5.74) is 3.34. The van der Waals surface area contributed by atoms with Crippen LogP contribution < -0.4 is 0 Å². The largest absolute Gasteiger partial charge is 0.420 e. The monoisotopic (exact) mass is 364 g/mol. The van der Waals surface area contributed by atoms with Crippen LogP contribution in [0.2, 0.25) is 0 Å². The molecule has 2 aromatic carbocycles. The van der Waals surface area contributed by atoms with Crippen molar-refractivity contribution in [2.75, 3.05) is 0 Å². The molecule has 4 nitrogen and oxygen atoms in total. The lowest BCUT2D eigenvalue weighted by atomic mass is 9.83. The summed E-state index contributed by atoms with van der Waals surface area (Å²) in [6.07, 6.45) is 5.50. The summed E-state index contributed by atoms with van der Waals surface area (Å²) in [5.74, 6) is -0.621. The lowest BCUT2D eigenvalue weighted by Crippen LogP contribution is -2.17. The standard InChI is InChI=1S/C23H24O4/c1-15(16-11-13-18(14-12-16)17-7-3-2-4-8-17)21(24)26-23-20-10-6-5-9-19(20)22(25)27-23/h5-6,9-15,17,23H,2-4,7-8H2,1H3. The number of cyclic esters (lactones) is 1. The van der Waals surface area contributed by atoms with Crippen LogP contribution in [0.4, 0.5) is 0 Å². The third kappa shape index (κ3) is 3.61. The number of hydrogen-bond donors (Lipinski definition) is 0. The second-order valence-corrected chi connectivity index (χ2v) is 7.48. The van der Waals surface area contributed by atoms with Crippen molar-refractivity contribution in [1.82, 2.24) is 0 Å². The molecule has 0 N–H and O–H groups in total. The maximum Gasteiger partial charge on any atom is 0.342 e. The molecule has 1 fully saturated rings. The highest BCUT2D eigenvalue weighted by Crippen LogP contribution is 2.35. The molecule has 2 aromatic rings. The van der Waals surface area contributed by atoms with Gasteiger partial charge < -0.3 is 9.47 Å². The minimum Gasteiger partial charge on any atom is -0.420 e. The van der Waals surface area contributed by atoms with Gasteiger partial charge in [-0.25, -0.2) is 4.79 Å². The number of hydrogen-bond acceptors (Lipinski definition) is 4. The maximum absolute atomic E-state index is 12.6. The molecule has 0 aromatic heterocycles. The van der Waals surface area contributed by atoms with Gasteiger partial charge in [0.2, 0.25) is 0 Å². The van der Waals surface area contributed by atoms with Gasteiger partial charge in [-0.05, 0) is 42.9 Å². The van der Waals surface area contributed by atoms with E-state index in [-0.39, 0.29) is 0 Å². The van der Waals surface area contributed by atoms with Crippen molar-refractivity contribution in [3.05, 3.63) is 70.8 Å². The predicted molar refractivity (Wildman–Crippen MR) is 101 cm³/mol. The Hall–Kier alpha value is -2.62. The number of carbonyl (C=O) groups is 2. The topological polar surface area (TPSA) is 52.6 Å². The third-order valence-electron chi connectivity index (χ3n) is 5.74. The molecular formula is C23H24O4. The SMILES string of the molecule is CC(C(=O)OC1OC(=O)c2ccccc21)c1ccc(C2CCCCC2)cc1. The van der Waals surface area contributed by atoms with E-state index in [4.69, 9.17) is 9.47 Å². The average molecular weight is 364 g/mol. The summed E-state index contributed by atoms with van der Waals surface area (Å²) in [6.45, 7) is 1.82. The van der Waals surface area contributed by atoms with Gasteiger partial charge in [-0.3, -0.25) is 4.79 Å². The van der Waals surface area contributed by atoms with Gasteiger partial charge in [0.05, 0.1) is 11.5 Å². The number of carbonyl (C=O) groups excluding carboxylic acids is 2. The fraction of sp³-hybridized carbons (Fsp3) is 0.391. The van der Waals surface area contributed by atoms with Gasteiger partial charge in [0.25, 0.3) is 6.29 Å². The predicted octanol–water partition coefficient (Wildman–Crippen LogP) is 5.25. The number of esters is 2. The Kier molecular flexibility index (Phi) is 4.97. The average Bonchev–Trinajstić information content (AvgIpc) is 3.04. The zero-order valence-electron chi connectivity index (χ0n) is 15.5. The molecule has 1 saturated carbocycles. The molecule has 2 atom stereocenters. The highest BCUT2D eigenvalue weighted by molar-refractivity contribution is 5.94. The molecule has 1 heterocycles. The van der Waals surface area contributed by atoms with Gasteiger partial charge in [0.15, 0.2) is 0 Å². The molecule has 0 spiro atoms. The van der Waals surface area contributed by atoms with E-state index in [0.717, 1.165) is 5.56 Å². The molecule has 27 heavy (non-hydrogen) atoms. The van der Waals surface area contributed by atoms with Gasteiger partial charge in [-0.2, -0.15) is 0 Å². The van der Waals surface area contributed by atoms with Crippen LogP contribution in [0.15, 0.2) is 48.5 Å². The number of rotatable bonds is 4. The van der Waals surface area contributed by atoms with Crippen molar-refractivity contribution >= 4 is 11.9 Å². The van der Waals surface area contributed by atoms with E-state index >= 15 is 0 Å². The van der Waals surface area contributed by atoms with E-state index in [1.807, 2.05) is 19.1 Å². The first kappa shape index (κ1) is 17.8. The second-order valence-electron chi connectivity index (χ2n) is 7.48. The number of benzene rings is 2. The minimum atomic E-state index is -0.954. The van der Waals surface area contributed by atoms with E-state index < -0.39 is 24.1 Å². The minimum absolute atomic E-state index is 0.394. The lowest BCUT2D eigenvalue weighted by Gasteiger charge is -2.22.